The monoisotopic (exact) mass is 253 g/mol. The van der Waals surface area contributed by atoms with Crippen LogP contribution in [0.5, 0.6) is 0 Å². The molecule has 1 heterocycles. The zero-order valence-electron chi connectivity index (χ0n) is 8.82. The predicted molar refractivity (Wildman–Crippen MR) is 63.0 cm³/mol. The summed E-state index contributed by atoms with van der Waals surface area (Å²) in [5.41, 5.74) is 0.900. The van der Waals surface area contributed by atoms with Gasteiger partial charge in [-0.25, -0.2) is 4.39 Å². The Morgan fingerprint density at radius 1 is 1.47 bits per heavy atom. The Labute approximate surface area is 102 Å². The zero-order valence-corrected chi connectivity index (χ0v) is 9.58. The highest BCUT2D eigenvalue weighted by Gasteiger charge is 2.14. The lowest BCUT2D eigenvalue weighted by Crippen LogP contribution is -1.99. The van der Waals surface area contributed by atoms with Crippen molar-refractivity contribution in [2.45, 2.75) is 6.54 Å². The topological polar surface area (TPSA) is 39.1 Å². The van der Waals surface area contributed by atoms with Crippen molar-refractivity contribution in [1.82, 2.24) is 4.57 Å². The molecule has 0 spiro atoms. The summed E-state index contributed by atoms with van der Waals surface area (Å²) >= 11 is 5.64. The predicted octanol–water partition coefficient (Wildman–Crippen LogP) is 2.40. The molecule has 0 bridgehead atoms. The Kier molecular flexibility index (Phi) is 3.24. The summed E-state index contributed by atoms with van der Waals surface area (Å²) in [5, 5.41) is 0.437. The molecule has 0 fully saturated rings. The van der Waals surface area contributed by atoms with Gasteiger partial charge in [-0.15, -0.1) is 11.6 Å². The lowest BCUT2D eigenvalue weighted by molar-refractivity contribution is -0.104. The van der Waals surface area contributed by atoms with Crippen molar-refractivity contribution in [1.29, 1.82) is 0 Å². The van der Waals surface area contributed by atoms with Crippen LogP contribution in [0, 0.1) is 5.82 Å². The number of aldehydes is 1. The summed E-state index contributed by atoms with van der Waals surface area (Å²) in [5.74, 6) is -0.731. The lowest BCUT2D eigenvalue weighted by atomic mass is 10.1. The maximum absolute atomic E-state index is 13.1. The summed E-state index contributed by atoms with van der Waals surface area (Å²) in [7, 11) is 0. The first-order chi connectivity index (χ1) is 8.17. The average Bonchev–Trinajstić information content (AvgIpc) is 2.67. The van der Waals surface area contributed by atoms with Crippen molar-refractivity contribution in [3.05, 3.63) is 35.8 Å². The average molecular weight is 254 g/mol. The summed E-state index contributed by atoms with van der Waals surface area (Å²) < 4.78 is 14.9. The van der Waals surface area contributed by atoms with E-state index in [2.05, 4.69) is 0 Å². The molecule has 5 heteroatoms. The van der Waals surface area contributed by atoms with Crippen LogP contribution >= 0.6 is 11.6 Å². The minimum atomic E-state index is -0.658. The van der Waals surface area contributed by atoms with Crippen LogP contribution in [0.3, 0.4) is 0 Å². The van der Waals surface area contributed by atoms with E-state index in [1.807, 2.05) is 0 Å². The SMILES string of the molecule is O=CC(=O)c1cn(CCCl)c2ccc(F)cc12. The Balaban J connectivity index is 2.70. The van der Waals surface area contributed by atoms with Crippen LogP contribution in [0.25, 0.3) is 10.9 Å². The van der Waals surface area contributed by atoms with Crippen molar-refractivity contribution < 1.29 is 14.0 Å². The number of fused-ring (bicyclic) bond motifs is 1. The van der Waals surface area contributed by atoms with Gasteiger partial charge in [0.2, 0.25) is 5.78 Å². The molecular formula is C12H9ClFNO2. The summed E-state index contributed by atoms with van der Waals surface area (Å²) in [6.45, 7) is 0.496. The van der Waals surface area contributed by atoms with Crippen molar-refractivity contribution in [3.8, 4) is 0 Å². The van der Waals surface area contributed by atoms with E-state index in [-0.39, 0.29) is 11.8 Å². The van der Waals surface area contributed by atoms with Gasteiger partial charge in [-0.05, 0) is 18.2 Å². The Morgan fingerprint density at radius 3 is 2.88 bits per heavy atom. The molecule has 3 nitrogen and oxygen atoms in total. The molecule has 1 aromatic heterocycles. The van der Waals surface area contributed by atoms with Crippen LogP contribution in [0.1, 0.15) is 10.4 Å². The van der Waals surface area contributed by atoms with E-state index in [1.54, 1.807) is 10.6 Å². The van der Waals surface area contributed by atoms with Gasteiger partial charge in [0.15, 0.2) is 6.29 Å². The smallest absolute Gasteiger partial charge is 0.227 e. The van der Waals surface area contributed by atoms with Crippen molar-refractivity contribution in [2.24, 2.45) is 0 Å². The molecule has 0 N–H and O–H groups in total. The molecule has 2 aromatic rings. The van der Waals surface area contributed by atoms with E-state index in [0.29, 0.717) is 23.3 Å². The van der Waals surface area contributed by atoms with Gasteiger partial charge < -0.3 is 4.57 Å². The number of benzene rings is 1. The second-order valence-electron chi connectivity index (χ2n) is 3.57. The van der Waals surface area contributed by atoms with Gasteiger partial charge in [0.1, 0.15) is 5.82 Å². The molecule has 0 saturated carbocycles. The fraction of sp³-hybridized carbons (Fsp3) is 0.167. The second kappa shape index (κ2) is 4.67. The molecule has 2 rings (SSSR count). The Hall–Kier alpha value is -1.68. The van der Waals surface area contributed by atoms with Crippen LogP contribution in [-0.2, 0) is 11.3 Å². The number of nitrogens with zero attached hydrogens (tertiary/aromatic N) is 1. The van der Waals surface area contributed by atoms with Crippen LogP contribution in [0.15, 0.2) is 24.4 Å². The van der Waals surface area contributed by atoms with Gasteiger partial charge in [0, 0.05) is 29.5 Å². The molecule has 88 valence electrons. The third-order valence-corrected chi connectivity index (χ3v) is 2.71. The molecule has 0 atom stereocenters. The number of carbonyl (C=O) groups is 2. The molecule has 0 amide bonds. The van der Waals surface area contributed by atoms with Gasteiger partial charge in [0.25, 0.3) is 0 Å². The largest absolute Gasteiger partial charge is 0.346 e. The van der Waals surface area contributed by atoms with E-state index in [4.69, 9.17) is 11.6 Å². The molecule has 0 aliphatic heterocycles. The van der Waals surface area contributed by atoms with Gasteiger partial charge in [0.05, 0.1) is 5.56 Å². The second-order valence-corrected chi connectivity index (χ2v) is 3.95. The molecule has 0 radical (unpaired) electrons. The third kappa shape index (κ3) is 2.08. The highest BCUT2D eigenvalue weighted by Crippen LogP contribution is 2.22. The number of halogens is 2. The molecule has 17 heavy (non-hydrogen) atoms. The number of rotatable bonds is 4. The summed E-state index contributed by atoms with van der Waals surface area (Å²) in [6, 6.07) is 4.12. The first-order valence-corrected chi connectivity index (χ1v) is 5.54. The summed E-state index contributed by atoms with van der Waals surface area (Å²) in [4.78, 5) is 21.9. The normalized spacial score (nSPS) is 10.7. The van der Waals surface area contributed by atoms with E-state index < -0.39 is 11.6 Å². The molecule has 0 aliphatic carbocycles. The van der Waals surface area contributed by atoms with Gasteiger partial charge in [-0.3, -0.25) is 9.59 Å². The van der Waals surface area contributed by atoms with Crippen LogP contribution in [0.4, 0.5) is 4.39 Å². The molecule has 0 saturated heterocycles. The van der Waals surface area contributed by atoms with Crippen molar-refractivity contribution in [2.75, 3.05) is 5.88 Å². The number of aryl methyl sites for hydroxylation is 1. The number of ketones is 1. The Morgan fingerprint density at radius 2 is 2.24 bits per heavy atom. The number of hydrogen-bond acceptors (Lipinski definition) is 2. The fourth-order valence-corrected chi connectivity index (χ4v) is 1.99. The fourth-order valence-electron chi connectivity index (χ4n) is 1.81. The van der Waals surface area contributed by atoms with Crippen LogP contribution in [0.2, 0.25) is 0 Å². The quantitative estimate of drug-likeness (QED) is 0.363. The van der Waals surface area contributed by atoms with Crippen LogP contribution in [-0.4, -0.2) is 22.5 Å². The van der Waals surface area contributed by atoms with Crippen LogP contribution < -0.4 is 0 Å². The molecule has 1 aromatic carbocycles. The van der Waals surface area contributed by atoms with Gasteiger partial charge in [-0.2, -0.15) is 0 Å². The maximum Gasteiger partial charge on any atom is 0.227 e. The zero-order chi connectivity index (χ0) is 12.4. The van der Waals surface area contributed by atoms with E-state index in [9.17, 15) is 14.0 Å². The molecular weight excluding hydrogens is 245 g/mol. The first kappa shape index (κ1) is 11.8. The number of Topliss-reactive ketones (excluding diaryl/α,β-unsaturated/α-hetero) is 1. The van der Waals surface area contributed by atoms with Crippen molar-refractivity contribution in [3.63, 3.8) is 0 Å². The number of aromatic nitrogens is 1. The lowest BCUT2D eigenvalue weighted by Gasteiger charge is -2.00. The highest BCUT2D eigenvalue weighted by molar-refractivity contribution is 6.36. The molecule has 0 unspecified atom stereocenters. The van der Waals surface area contributed by atoms with E-state index >= 15 is 0 Å². The standard InChI is InChI=1S/C12H9ClFNO2/c13-3-4-15-6-10(12(17)7-16)9-5-8(14)1-2-11(9)15/h1-2,5-7H,3-4H2. The number of carbonyl (C=O) groups excluding carboxylic acids is 2. The molecule has 0 aliphatic rings. The minimum Gasteiger partial charge on any atom is -0.346 e. The third-order valence-electron chi connectivity index (χ3n) is 2.54. The highest BCUT2D eigenvalue weighted by atomic mass is 35.5. The summed E-state index contributed by atoms with van der Waals surface area (Å²) in [6.07, 6.45) is 1.76. The Bertz CT molecular complexity index is 591. The van der Waals surface area contributed by atoms with Gasteiger partial charge >= 0.3 is 0 Å². The van der Waals surface area contributed by atoms with Crippen molar-refractivity contribution >= 4 is 34.6 Å². The van der Waals surface area contributed by atoms with Gasteiger partial charge in [-0.1, -0.05) is 0 Å². The number of hydrogen-bond donors (Lipinski definition) is 0. The first-order valence-electron chi connectivity index (χ1n) is 5.01. The van der Waals surface area contributed by atoms with E-state index in [1.165, 1.54) is 18.3 Å². The maximum atomic E-state index is 13.1. The minimum absolute atomic E-state index is 0.208. The number of alkyl halides is 1. The van der Waals surface area contributed by atoms with E-state index in [0.717, 1.165) is 0 Å².